The SMILES string of the molecule is O=C(Nc1cc(C(=O)N2C=Nc3ccc(F)cc3C2)n[nH]1)c1cc(F)c(F)cc1Cl. The summed E-state index contributed by atoms with van der Waals surface area (Å²) in [5.41, 5.74) is 0.745. The zero-order valence-corrected chi connectivity index (χ0v) is 15.7. The molecule has 2 heterocycles. The Hall–Kier alpha value is -3.66. The summed E-state index contributed by atoms with van der Waals surface area (Å²) in [7, 11) is 0. The summed E-state index contributed by atoms with van der Waals surface area (Å²) < 4.78 is 40.0. The molecule has 1 aliphatic rings. The average molecular weight is 434 g/mol. The van der Waals surface area contributed by atoms with Crippen LogP contribution in [0.4, 0.5) is 24.7 Å². The van der Waals surface area contributed by atoms with Crippen LogP contribution < -0.4 is 5.32 Å². The first-order valence-corrected chi connectivity index (χ1v) is 8.84. The van der Waals surface area contributed by atoms with Crippen LogP contribution in [-0.4, -0.2) is 33.3 Å². The third-order valence-electron chi connectivity index (χ3n) is 4.28. The maximum absolute atomic E-state index is 13.4. The first-order valence-electron chi connectivity index (χ1n) is 8.46. The van der Waals surface area contributed by atoms with E-state index in [1.54, 1.807) is 0 Å². The third-order valence-corrected chi connectivity index (χ3v) is 4.59. The number of carbonyl (C=O) groups excluding carboxylic acids is 2. The molecule has 2 amide bonds. The summed E-state index contributed by atoms with van der Waals surface area (Å²) in [6, 6.07) is 6.67. The monoisotopic (exact) mass is 433 g/mol. The number of fused-ring (bicyclic) bond motifs is 1. The molecule has 4 rings (SSSR count). The molecular formula is C19H11ClF3N5O2. The summed E-state index contributed by atoms with van der Waals surface area (Å²) in [5.74, 6) is -4.20. The number of aromatic amines is 1. The lowest BCUT2D eigenvalue weighted by molar-refractivity contribution is 0.0838. The van der Waals surface area contributed by atoms with Crippen LogP contribution in [0.25, 0.3) is 0 Å². The Morgan fingerprint density at radius 2 is 1.87 bits per heavy atom. The van der Waals surface area contributed by atoms with Gasteiger partial charge in [0, 0.05) is 11.6 Å². The van der Waals surface area contributed by atoms with Crippen LogP contribution in [0.3, 0.4) is 0 Å². The van der Waals surface area contributed by atoms with Gasteiger partial charge in [0.25, 0.3) is 11.8 Å². The number of anilines is 1. The predicted octanol–water partition coefficient (Wildman–Crippen LogP) is 4.05. The van der Waals surface area contributed by atoms with E-state index in [4.69, 9.17) is 11.6 Å². The second kappa shape index (κ2) is 7.64. The first-order chi connectivity index (χ1) is 14.3. The van der Waals surface area contributed by atoms with Crippen LogP contribution in [-0.2, 0) is 6.54 Å². The van der Waals surface area contributed by atoms with Crippen LogP contribution >= 0.6 is 11.6 Å². The van der Waals surface area contributed by atoms with Crippen molar-refractivity contribution in [1.82, 2.24) is 15.1 Å². The van der Waals surface area contributed by atoms with Gasteiger partial charge in [-0.2, -0.15) is 5.10 Å². The Kier molecular flexibility index (Phi) is 5.00. The van der Waals surface area contributed by atoms with Gasteiger partial charge in [-0.15, -0.1) is 0 Å². The molecule has 30 heavy (non-hydrogen) atoms. The minimum atomic E-state index is -1.23. The quantitative estimate of drug-likeness (QED) is 0.610. The smallest absolute Gasteiger partial charge is 0.279 e. The van der Waals surface area contributed by atoms with E-state index in [1.807, 2.05) is 0 Å². The molecule has 0 fully saturated rings. The number of aromatic nitrogens is 2. The van der Waals surface area contributed by atoms with Crippen LogP contribution in [0.1, 0.15) is 26.4 Å². The number of H-pyrrole nitrogens is 1. The van der Waals surface area contributed by atoms with Gasteiger partial charge in [-0.25, -0.2) is 18.2 Å². The van der Waals surface area contributed by atoms with E-state index < -0.39 is 29.3 Å². The van der Waals surface area contributed by atoms with E-state index in [1.165, 1.54) is 35.5 Å². The second-order valence-corrected chi connectivity index (χ2v) is 6.73. The maximum Gasteiger partial charge on any atom is 0.279 e. The Bertz CT molecular complexity index is 1210. The number of amides is 2. The van der Waals surface area contributed by atoms with Crippen molar-refractivity contribution in [1.29, 1.82) is 0 Å². The zero-order chi connectivity index (χ0) is 21.4. The van der Waals surface area contributed by atoms with Gasteiger partial charge < -0.3 is 5.32 Å². The molecule has 7 nitrogen and oxygen atoms in total. The molecule has 0 aliphatic carbocycles. The van der Waals surface area contributed by atoms with Crippen molar-refractivity contribution in [2.75, 3.05) is 5.32 Å². The summed E-state index contributed by atoms with van der Waals surface area (Å²) >= 11 is 5.78. The van der Waals surface area contributed by atoms with Gasteiger partial charge in [-0.3, -0.25) is 19.6 Å². The van der Waals surface area contributed by atoms with E-state index in [-0.39, 0.29) is 28.6 Å². The number of hydrogen-bond acceptors (Lipinski definition) is 4. The molecule has 0 bridgehead atoms. The highest BCUT2D eigenvalue weighted by Gasteiger charge is 2.23. The summed E-state index contributed by atoms with van der Waals surface area (Å²) in [6.07, 6.45) is 1.30. The predicted molar refractivity (Wildman–Crippen MR) is 102 cm³/mol. The molecule has 0 saturated carbocycles. The molecule has 0 radical (unpaired) electrons. The normalized spacial score (nSPS) is 12.6. The maximum atomic E-state index is 13.4. The highest BCUT2D eigenvalue weighted by Crippen LogP contribution is 2.26. The topological polar surface area (TPSA) is 90.4 Å². The fourth-order valence-electron chi connectivity index (χ4n) is 2.82. The van der Waals surface area contributed by atoms with Crippen molar-refractivity contribution in [2.45, 2.75) is 6.54 Å². The highest BCUT2D eigenvalue weighted by molar-refractivity contribution is 6.34. The van der Waals surface area contributed by atoms with Gasteiger partial charge in [0.2, 0.25) is 0 Å². The number of carbonyl (C=O) groups is 2. The largest absolute Gasteiger partial charge is 0.307 e. The molecule has 0 unspecified atom stereocenters. The highest BCUT2D eigenvalue weighted by atomic mass is 35.5. The zero-order valence-electron chi connectivity index (χ0n) is 14.9. The number of halogens is 4. The Morgan fingerprint density at radius 3 is 2.67 bits per heavy atom. The average Bonchev–Trinajstić information content (AvgIpc) is 3.17. The van der Waals surface area contributed by atoms with Crippen LogP contribution in [0.2, 0.25) is 5.02 Å². The van der Waals surface area contributed by atoms with E-state index in [2.05, 4.69) is 20.5 Å². The molecule has 0 saturated heterocycles. The van der Waals surface area contributed by atoms with Gasteiger partial charge in [0.15, 0.2) is 17.3 Å². The number of nitrogens with one attached hydrogen (secondary N) is 2. The van der Waals surface area contributed by atoms with Crippen LogP contribution in [0.5, 0.6) is 0 Å². The summed E-state index contributed by atoms with van der Waals surface area (Å²) in [5, 5.41) is 8.37. The molecule has 1 aromatic heterocycles. The third kappa shape index (κ3) is 3.77. The molecule has 0 atom stereocenters. The lowest BCUT2D eigenvalue weighted by Crippen LogP contribution is -2.31. The van der Waals surface area contributed by atoms with Gasteiger partial charge in [-0.05, 0) is 30.3 Å². The molecular weight excluding hydrogens is 423 g/mol. The second-order valence-electron chi connectivity index (χ2n) is 6.32. The molecule has 2 aromatic carbocycles. The Balaban J connectivity index is 1.49. The van der Waals surface area contributed by atoms with Gasteiger partial charge in [0.05, 0.1) is 29.2 Å². The number of benzene rings is 2. The Morgan fingerprint density at radius 1 is 1.10 bits per heavy atom. The van der Waals surface area contributed by atoms with Crippen molar-refractivity contribution < 1.29 is 22.8 Å². The van der Waals surface area contributed by atoms with Crippen molar-refractivity contribution >= 4 is 41.3 Å². The van der Waals surface area contributed by atoms with Gasteiger partial charge >= 0.3 is 0 Å². The van der Waals surface area contributed by atoms with Crippen molar-refractivity contribution in [3.63, 3.8) is 0 Å². The number of hydrogen-bond donors (Lipinski definition) is 2. The lowest BCUT2D eigenvalue weighted by atomic mass is 10.1. The fourth-order valence-corrected chi connectivity index (χ4v) is 3.05. The summed E-state index contributed by atoms with van der Waals surface area (Å²) in [6.45, 7) is 0.0917. The van der Waals surface area contributed by atoms with E-state index in [0.29, 0.717) is 23.4 Å². The standard InChI is InChI=1S/C19H11ClF3N5O2/c20-12-5-14(23)13(22)4-11(12)18(29)25-17-6-16(26-27-17)19(30)28-7-9-3-10(21)1-2-15(9)24-8-28/h1-6,8H,7H2,(H2,25,26,27,29). The van der Waals surface area contributed by atoms with Gasteiger partial charge in [-0.1, -0.05) is 11.6 Å². The van der Waals surface area contributed by atoms with Crippen molar-refractivity contribution in [2.24, 2.45) is 4.99 Å². The first kappa shape index (κ1) is 19.6. The lowest BCUT2D eigenvalue weighted by Gasteiger charge is -2.21. The number of nitrogens with zero attached hydrogens (tertiary/aromatic N) is 3. The molecule has 1 aliphatic heterocycles. The van der Waals surface area contributed by atoms with E-state index in [9.17, 15) is 22.8 Å². The minimum Gasteiger partial charge on any atom is -0.307 e. The fraction of sp³-hybridized carbons (Fsp3) is 0.0526. The Labute approximate surface area is 172 Å². The van der Waals surface area contributed by atoms with E-state index >= 15 is 0 Å². The molecule has 0 spiro atoms. The molecule has 2 N–H and O–H groups in total. The molecule has 11 heteroatoms. The van der Waals surface area contributed by atoms with Crippen molar-refractivity contribution in [3.8, 4) is 0 Å². The molecule has 3 aromatic rings. The van der Waals surface area contributed by atoms with Crippen molar-refractivity contribution in [3.05, 3.63) is 75.7 Å². The molecule has 152 valence electrons. The van der Waals surface area contributed by atoms with Crippen LogP contribution in [0.15, 0.2) is 41.4 Å². The minimum absolute atomic E-state index is 0.0320. The number of aliphatic imine (C=N–C) groups is 1. The van der Waals surface area contributed by atoms with Gasteiger partial charge in [0.1, 0.15) is 11.6 Å². The summed E-state index contributed by atoms with van der Waals surface area (Å²) in [4.78, 5) is 30.2. The van der Waals surface area contributed by atoms with E-state index in [0.717, 1.165) is 0 Å². The number of rotatable bonds is 3. The van der Waals surface area contributed by atoms with Crippen LogP contribution in [0, 0.1) is 17.5 Å².